The number of piperazine rings is 1. The number of hydrogen-bond donors (Lipinski definition) is 2. The van der Waals surface area contributed by atoms with Crippen LogP contribution in [0.1, 0.15) is 27.0 Å². The molecule has 6 heteroatoms. The minimum absolute atomic E-state index is 0.0177. The topological polar surface area (TPSA) is 75.4 Å². The number of primary amides is 1. The van der Waals surface area contributed by atoms with E-state index in [1.54, 1.807) is 16.3 Å². The van der Waals surface area contributed by atoms with Gasteiger partial charge in [0.05, 0.1) is 10.4 Å². The van der Waals surface area contributed by atoms with Gasteiger partial charge in [-0.05, 0) is 13.0 Å². The summed E-state index contributed by atoms with van der Waals surface area (Å²) in [5, 5.41) is 4.90. The molecule has 1 unspecified atom stereocenters. The SMILES string of the molecule is CC1CN(C(=O)c2cc(C(N)=O)cs2)CCN1. The first-order chi connectivity index (χ1) is 8.08. The highest BCUT2D eigenvalue weighted by molar-refractivity contribution is 7.12. The smallest absolute Gasteiger partial charge is 0.264 e. The van der Waals surface area contributed by atoms with Crippen LogP contribution < -0.4 is 11.1 Å². The summed E-state index contributed by atoms with van der Waals surface area (Å²) >= 11 is 1.27. The lowest BCUT2D eigenvalue weighted by Gasteiger charge is -2.31. The van der Waals surface area contributed by atoms with Crippen molar-refractivity contribution in [2.24, 2.45) is 5.73 Å². The molecule has 0 spiro atoms. The summed E-state index contributed by atoms with van der Waals surface area (Å²) in [6, 6.07) is 1.88. The predicted molar refractivity (Wildman–Crippen MR) is 66.2 cm³/mol. The van der Waals surface area contributed by atoms with Crippen LogP contribution in [0, 0.1) is 0 Å². The van der Waals surface area contributed by atoms with E-state index in [-0.39, 0.29) is 5.91 Å². The molecule has 92 valence electrons. The van der Waals surface area contributed by atoms with Crippen LogP contribution in [0.25, 0.3) is 0 Å². The third-order valence-electron chi connectivity index (χ3n) is 2.75. The standard InChI is InChI=1S/C11H15N3O2S/c1-7-5-14(3-2-13-7)11(16)9-4-8(6-17-9)10(12)15/h4,6-7,13H,2-3,5H2,1H3,(H2,12,15). The van der Waals surface area contributed by atoms with Crippen molar-refractivity contribution in [2.45, 2.75) is 13.0 Å². The highest BCUT2D eigenvalue weighted by atomic mass is 32.1. The van der Waals surface area contributed by atoms with Crippen molar-refractivity contribution in [3.8, 4) is 0 Å². The van der Waals surface area contributed by atoms with E-state index in [1.165, 1.54) is 11.3 Å². The fraction of sp³-hybridized carbons (Fsp3) is 0.455. The fourth-order valence-corrected chi connectivity index (χ4v) is 2.71. The molecule has 1 aliphatic heterocycles. The van der Waals surface area contributed by atoms with E-state index in [9.17, 15) is 9.59 Å². The van der Waals surface area contributed by atoms with E-state index in [4.69, 9.17) is 5.73 Å². The minimum Gasteiger partial charge on any atom is -0.366 e. The van der Waals surface area contributed by atoms with Crippen molar-refractivity contribution in [1.29, 1.82) is 0 Å². The van der Waals surface area contributed by atoms with Gasteiger partial charge >= 0.3 is 0 Å². The number of thiophene rings is 1. The van der Waals surface area contributed by atoms with E-state index in [1.807, 2.05) is 6.92 Å². The van der Waals surface area contributed by atoms with Crippen molar-refractivity contribution in [3.63, 3.8) is 0 Å². The Morgan fingerprint density at radius 3 is 2.94 bits per heavy atom. The Labute approximate surface area is 104 Å². The first kappa shape index (κ1) is 12.1. The van der Waals surface area contributed by atoms with Gasteiger partial charge in [0.25, 0.3) is 5.91 Å². The van der Waals surface area contributed by atoms with Gasteiger partial charge in [-0.3, -0.25) is 9.59 Å². The lowest BCUT2D eigenvalue weighted by atomic mass is 10.2. The molecule has 3 N–H and O–H groups in total. The maximum atomic E-state index is 12.1. The molecule has 1 aromatic heterocycles. The van der Waals surface area contributed by atoms with Crippen LogP contribution in [0.2, 0.25) is 0 Å². The van der Waals surface area contributed by atoms with Crippen molar-refractivity contribution in [2.75, 3.05) is 19.6 Å². The monoisotopic (exact) mass is 253 g/mol. The molecule has 2 heterocycles. The largest absolute Gasteiger partial charge is 0.366 e. The molecule has 0 aliphatic carbocycles. The number of nitrogens with zero attached hydrogens (tertiary/aromatic N) is 1. The van der Waals surface area contributed by atoms with Crippen LogP contribution in [-0.2, 0) is 0 Å². The van der Waals surface area contributed by atoms with Crippen molar-refractivity contribution in [3.05, 3.63) is 21.9 Å². The fourth-order valence-electron chi connectivity index (χ4n) is 1.85. The minimum atomic E-state index is -0.492. The second kappa shape index (κ2) is 4.85. The van der Waals surface area contributed by atoms with Gasteiger partial charge in [-0.1, -0.05) is 0 Å². The zero-order valence-corrected chi connectivity index (χ0v) is 10.4. The molecule has 2 rings (SSSR count). The number of nitrogens with two attached hydrogens (primary N) is 1. The molecule has 2 amide bonds. The number of rotatable bonds is 2. The molecule has 1 fully saturated rings. The Kier molecular flexibility index (Phi) is 3.44. The summed E-state index contributed by atoms with van der Waals surface area (Å²) in [4.78, 5) is 25.5. The van der Waals surface area contributed by atoms with E-state index in [0.29, 0.717) is 29.6 Å². The summed E-state index contributed by atoms with van der Waals surface area (Å²) in [5.41, 5.74) is 5.56. The van der Waals surface area contributed by atoms with E-state index >= 15 is 0 Å². The third-order valence-corrected chi connectivity index (χ3v) is 3.67. The number of carbonyl (C=O) groups is 2. The molecule has 0 saturated carbocycles. The molecule has 5 nitrogen and oxygen atoms in total. The zero-order chi connectivity index (χ0) is 12.4. The maximum Gasteiger partial charge on any atom is 0.264 e. The van der Waals surface area contributed by atoms with Gasteiger partial charge < -0.3 is 16.0 Å². The molecule has 0 aromatic carbocycles. The van der Waals surface area contributed by atoms with E-state index < -0.39 is 5.91 Å². The highest BCUT2D eigenvalue weighted by Crippen LogP contribution is 2.17. The second-order valence-corrected chi connectivity index (χ2v) is 5.08. The van der Waals surface area contributed by atoms with Crippen LogP contribution >= 0.6 is 11.3 Å². The first-order valence-corrected chi connectivity index (χ1v) is 6.37. The first-order valence-electron chi connectivity index (χ1n) is 5.49. The van der Waals surface area contributed by atoms with Crippen molar-refractivity contribution < 1.29 is 9.59 Å². The summed E-state index contributed by atoms with van der Waals surface area (Å²) in [6.45, 7) is 4.25. The summed E-state index contributed by atoms with van der Waals surface area (Å²) in [6.07, 6.45) is 0. The normalized spacial score (nSPS) is 20.3. The molecule has 0 radical (unpaired) electrons. The quantitative estimate of drug-likeness (QED) is 0.795. The zero-order valence-electron chi connectivity index (χ0n) is 9.60. The molecular formula is C11H15N3O2S. The Balaban J connectivity index is 2.10. The van der Waals surface area contributed by atoms with Crippen LogP contribution in [0.4, 0.5) is 0 Å². The van der Waals surface area contributed by atoms with Crippen molar-refractivity contribution in [1.82, 2.24) is 10.2 Å². The van der Waals surface area contributed by atoms with Gasteiger partial charge in [0, 0.05) is 31.1 Å². The third kappa shape index (κ3) is 2.65. The molecule has 1 atom stereocenters. The molecule has 1 aromatic rings. The lowest BCUT2D eigenvalue weighted by molar-refractivity contribution is 0.0714. The van der Waals surface area contributed by atoms with Crippen LogP contribution in [0.5, 0.6) is 0 Å². The average Bonchev–Trinajstić information content (AvgIpc) is 2.77. The van der Waals surface area contributed by atoms with Gasteiger partial charge in [-0.25, -0.2) is 0 Å². The molecule has 1 saturated heterocycles. The van der Waals surface area contributed by atoms with Gasteiger partial charge in [-0.2, -0.15) is 0 Å². The van der Waals surface area contributed by atoms with Crippen LogP contribution in [-0.4, -0.2) is 42.4 Å². The number of carbonyl (C=O) groups excluding carboxylic acids is 2. The summed E-state index contributed by atoms with van der Waals surface area (Å²) in [5.74, 6) is -0.509. The van der Waals surface area contributed by atoms with Crippen LogP contribution in [0.15, 0.2) is 11.4 Å². The molecular weight excluding hydrogens is 238 g/mol. The maximum absolute atomic E-state index is 12.1. The predicted octanol–water partition coefficient (Wildman–Crippen LogP) is 0.281. The molecule has 0 bridgehead atoms. The van der Waals surface area contributed by atoms with Gasteiger partial charge in [0.15, 0.2) is 0 Å². The highest BCUT2D eigenvalue weighted by Gasteiger charge is 2.23. The van der Waals surface area contributed by atoms with E-state index in [2.05, 4.69) is 5.32 Å². The van der Waals surface area contributed by atoms with Gasteiger partial charge in [-0.15, -0.1) is 11.3 Å². The Bertz CT molecular complexity index is 444. The Morgan fingerprint density at radius 1 is 1.59 bits per heavy atom. The Morgan fingerprint density at radius 2 is 2.35 bits per heavy atom. The number of hydrogen-bond acceptors (Lipinski definition) is 4. The number of nitrogens with one attached hydrogen (secondary N) is 1. The number of amides is 2. The average molecular weight is 253 g/mol. The summed E-state index contributed by atoms with van der Waals surface area (Å²) in [7, 11) is 0. The van der Waals surface area contributed by atoms with Gasteiger partial charge in [0.1, 0.15) is 0 Å². The van der Waals surface area contributed by atoms with E-state index in [0.717, 1.165) is 6.54 Å². The van der Waals surface area contributed by atoms with Crippen molar-refractivity contribution >= 4 is 23.2 Å². The Hall–Kier alpha value is -1.40. The lowest BCUT2D eigenvalue weighted by Crippen LogP contribution is -2.51. The van der Waals surface area contributed by atoms with Gasteiger partial charge in [0.2, 0.25) is 5.91 Å². The molecule has 17 heavy (non-hydrogen) atoms. The second-order valence-electron chi connectivity index (χ2n) is 4.17. The summed E-state index contributed by atoms with van der Waals surface area (Å²) < 4.78 is 0. The molecule has 1 aliphatic rings. The van der Waals surface area contributed by atoms with Crippen LogP contribution in [0.3, 0.4) is 0 Å².